The quantitative estimate of drug-likeness (QED) is 0.641. The Kier molecular flexibility index (Phi) is 3.76. The van der Waals surface area contributed by atoms with E-state index in [0.717, 1.165) is 16.5 Å². The van der Waals surface area contributed by atoms with E-state index >= 15 is 0 Å². The number of rotatable bonds is 5. The van der Waals surface area contributed by atoms with Gasteiger partial charge in [0.25, 0.3) is 0 Å². The number of aromatic amines is 1. The van der Waals surface area contributed by atoms with E-state index in [1.54, 1.807) is 6.92 Å². The normalized spacial score (nSPS) is 13.9. The van der Waals surface area contributed by atoms with Crippen molar-refractivity contribution in [3.63, 3.8) is 0 Å². The summed E-state index contributed by atoms with van der Waals surface area (Å²) in [6.07, 6.45) is 2.14. The van der Waals surface area contributed by atoms with Crippen LogP contribution in [0.1, 0.15) is 12.5 Å². The van der Waals surface area contributed by atoms with E-state index in [1.807, 2.05) is 30.5 Å². The van der Waals surface area contributed by atoms with Crippen molar-refractivity contribution in [3.8, 4) is 0 Å². The Balaban J connectivity index is 2.15. The third kappa shape index (κ3) is 2.97. The maximum atomic E-state index is 11.9. The van der Waals surface area contributed by atoms with Gasteiger partial charge in [-0.1, -0.05) is 18.2 Å². The Morgan fingerprint density at radius 2 is 2.10 bits per heavy atom. The fourth-order valence-corrected chi connectivity index (χ4v) is 2.11. The molecule has 0 aliphatic heterocycles. The minimum Gasteiger partial charge on any atom is -0.480 e. The lowest BCUT2D eigenvalue weighted by Gasteiger charge is -2.22. The van der Waals surface area contributed by atoms with Crippen molar-refractivity contribution in [1.82, 2.24) is 10.3 Å². The van der Waals surface area contributed by atoms with Crippen LogP contribution >= 0.6 is 0 Å². The zero-order chi connectivity index (χ0) is 14.8. The highest BCUT2D eigenvalue weighted by Crippen LogP contribution is 2.21. The molecule has 0 unspecified atom stereocenters. The van der Waals surface area contributed by atoms with Gasteiger partial charge in [-0.05, 0) is 18.6 Å². The number of carboxylic acids is 1. The summed E-state index contributed by atoms with van der Waals surface area (Å²) in [5.74, 6) is -1.58. The van der Waals surface area contributed by atoms with Crippen LogP contribution in [-0.2, 0) is 16.0 Å². The van der Waals surface area contributed by atoms with Gasteiger partial charge in [0.05, 0.1) is 5.54 Å². The van der Waals surface area contributed by atoms with Crippen LogP contribution in [0.4, 0.5) is 0 Å². The number of hydrogen-bond acceptors (Lipinski definition) is 3. The summed E-state index contributed by atoms with van der Waals surface area (Å²) in [7, 11) is 0. The van der Waals surface area contributed by atoms with Crippen molar-refractivity contribution in [1.29, 1.82) is 0 Å². The first-order chi connectivity index (χ1) is 9.40. The molecule has 2 rings (SSSR count). The molecule has 1 aromatic heterocycles. The van der Waals surface area contributed by atoms with Crippen LogP contribution in [0, 0.1) is 0 Å². The van der Waals surface area contributed by atoms with E-state index in [1.165, 1.54) is 0 Å². The average Bonchev–Trinajstić information content (AvgIpc) is 2.79. The van der Waals surface area contributed by atoms with Gasteiger partial charge in [-0.25, -0.2) is 0 Å². The second-order valence-corrected chi connectivity index (χ2v) is 5.03. The van der Waals surface area contributed by atoms with E-state index < -0.39 is 24.0 Å². The molecule has 0 saturated heterocycles. The maximum Gasteiger partial charge on any atom is 0.322 e. The lowest BCUT2D eigenvalue weighted by Crippen LogP contribution is -2.54. The number of amides is 1. The molecule has 1 amide bonds. The van der Waals surface area contributed by atoms with Crippen molar-refractivity contribution in [2.24, 2.45) is 5.73 Å². The molecule has 0 saturated carbocycles. The number of carbonyl (C=O) groups excluding carboxylic acids is 1. The number of aliphatic carboxylic acids is 1. The molecular formula is C14H17N3O3. The largest absolute Gasteiger partial charge is 0.480 e. The molecule has 0 bridgehead atoms. The monoisotopic (exact) mass is 275 g/mol. The van der Waals surface area contributed by atoms with Crippen molar-refractivity contribution < 1.29 is 14.7 Å². The van der Waals surface area contributed by atoms with E-state index in [-0.39, 0.29) is 0 Å². The Morgan fingerprint density at radius 3 is 2.80 bits per heavy atom. The SMILES string of the molecule is C[C@](N)(Cc1c[nH]c2ccccc12)C(=O)NCC(=O)O. The van der Waals surface area contributed by atoms with Crippen molar-refractivity contribution in [2.45, 2.75) is 18.9 Å². The Morgan fingerprint density at radius 1 is 1.40 bits per heavy atom. The van der Waals surface area contributed by atoms with Crippen LogP contribution in [0.2, 0.25) is 0 Å². The van der Waals surface area contributed by atoms with E-state index in [4.69, 9.17) is 10.8 Å². The summed E-state index contributed by atoms with van der Waals surface area (Å²) < 4.78 is 0. The number of aromatic nitrogens is 1. The first-order valence-corrected chi connectivity index (χ1v) is 6.24. The summed E-state index contributed by atoms with van der Waals surface area (Å²) in [5, 5.41) is 11.9. The lowest BCUT2D eigenvalue weighted by atomic mass is 9.92. The van der Waals surface area contributed by atoms with Gasteiger partial charge in [-0.15, -0.1) is 0 Å². The number of benzene rings is 1. The maximum absolute atomic E-state index is 11.9. The molecule has 6 heteroatoms. The van der Waals surface area contributed by atoms with Gasteiger partial charge >= 0.3 is 5.97 Å². The average molecular weight is 275 g/mol. The second kappa shape index (κ2) is 5.34. The van der Waals surface area contributed by atoms with Gasteiger partial charge < -0.3 is 21.1 Å². The molecule has 5 N–H and O–H groups in total. The molecule has 0 aliphatic carbocycles. The standard InChI is InChI=1S/C14H17N3O3/c1-14(15,13(20)17-8-12(18)19)6-9-7-16-11-5-3-2-4-10(9)11/h2-5,7,16H,6,8,15H2,1H3,(H,17,20)(H,18,19)/t14-/m0/s1. The first kappa shape index (κ1) is 14.1. The van der Waals surface area contributed by atoms with Crippen molar-refractivity contribution >= 4 is 22.8 Å². The van der Waals surface area contributed by atoms with Gasteiger partial charge in [0.2, 0.25) is 5.91 Å². The number of H-pyrrole nitrogens is 1. The highest BCUT2D eigenvalue weighted by atomic mass is 16.4. The molecule has 1 aromatic carbocycles. The molecule has 20 heavy (non-hydrogen) atoms. The van der Waals surface area contributed by atoms with Gasteiger partial charge in [0.15, 0.2) is 0 Å². The molecule has 1 heterocycles. The summed E-state index contributed by atoms with van der Waals surface area (Å²) in [4.78, 5) is 25.5. The molecule has 0 fully saturated rings. The van der Waals surface area contributed by atoms with Crippen LogP contribution in [-0.4, -0.2) is 34.1 Å². The summed E-state index contributed by atoms with van der Waals surface area (Å²) in [6.45, 7) is 1.16. The third-order valence-electron chi connectivity index (χ3n) is 3.15. The van der Waals surface area contributed by atoms with Crippen LogP contribution in [0.15, 0.2) is 30.5 Å². The number of carboxylic acid groups (broad SMARTS) is 1. The van der Waals surface area contributed by atoms with Crippen LogP contribution < -0.4 is 11.1 Å². The molecule has 0 spiro atoms. The predicted octanol–water partition coefficient (Wildman–Crippen LogP) is 0.629. The molecule has 6 nitrogen and oxygen atoms in total. The number of para-hydroxylation sites is 1. The Hall–Kier alpha value is -2.34. The number of nitrogens with two attached hydrogens (primary N) is 1. The number of carbonyl (C=O) groups is 2. The van der Waals surface area contributed by atoms with Crippen LogP contribution in [0.3, 0.4) is 0 Å². The Labute approximate surface area is 116 Å². The molecule has 0 radical (unpaired) electrons. The third-order valence-corrected chi connectivity index (χ3v) is 3.15. The summed E-state index contributed by atoms with van der Waals surface area (Å²) >= 11 is 0. The van der Waals surface area contributed by atoms with Crippen molar-refractivity contribution in [2.75, 3.05) is 6.54 Å². The summed E-state index contributed by atoms with van der Waals surface area (Å²) in [5.41, 5.74) is 6.75. The van der Waals surface area contributed by atoms with Gasteiger partial charge in [0.1, 0.15) is 6.54 Å². The highest BCUT2D eigenvalue weighted by Gasteiger charge is 2.29. The van der Waals surface area contributed by atoms with E-state index in [2.05, 4.69) is 10.3 Å². The molecule has 0 aliphatic rings. The smallest absolute Gasteiger partial charge is 0.322 e. The number of fused-ring (bicyclic) bond motifs is 1. The lowest BCUT2D eigenvalue weighted by molar-refractivity contribution is -0.138. The molecular weight excluding hydrogens is 258 g/mol. The fraction of sp³-hybridized carbons (Fsp3) is 0.286. The predicted molar refractivity (Wildman–Crippen MR) is 75.2 cm³/mol. The molecule has 2 aromatic rings. The zero-order valence-corrected chi connectivity index (χ0v) is 11.1. The van der Waals surface area contributed by atoms with Gasteiger partial charge in [-0.2, -0.15) is 0 Å². The fourth-order valence-electron chi connectivity index (χ4n) is 2.11. The zero-order valence-electron chi connectivity index (χ0n) is 11.1. The van der Waals surface area contributed by atoms with Gasteiger partial charge in [0, 0.05) is 23.5 Å². The molecule has 1 atom stereocenters. The van der Waals surface area contributed by atoms with E-state index in [9.17, 15) is 9.59 Å². The second-order valence-electron chi connectivity index (χ2n) is 5.03. The number of nitrogens with one attached hydrogen (secondary N) is 2. The van der Waals surface area contributed by atoms with Crippen LogP contribution in [0.25, 0.3) is 10.9 Å². The highest BCUT2D eigenvalue weighted by molar-refractivity contribution is 5.90. The minimum absolute atomic E-state index is 0.322. The minimum atomic E-state index is -1.17. The first-order valence-electron chi connectivity index (χ1n) is 6.24. The van der Waals surface area contributed by atoms with Crippen LogP contribution in [0.5, 0.6) is 0 Å². The van der Waals surface area contributed by atoms with E-state index in [0.29, 0.717) is 6.42 Å². The Bertz CT molecular complexity index is 646. The van der Waals surface area contributed by atoms with Crippen molar-refractivity contribution in [3.05, 3.63) is 36.0 Å². The molecule has 106 valence electrons. The number of hydrogen-bond donors (Lipinski definition) is 4. The summed E-state index contributed by atoms with van der Waals surface area (Å²) in [6, 6.07) is 7.73. The topological polar surface area (TPSA) is 108 Å². The van der Waals surface area contributed by atoms with Gasteiger partial charge in [-0.3, -0.25) is 9.59 Å².